The molecular weight excluding hydrogens is 313 g/mol. The van der Waals surface area contributed by atoms with Crippen LogP contribution in [-0.4, -0.2) is 55.9 Å². The Bertz CT molecular complexity index is 522. The SMILES string of the molecule is COCCC[C@]1(C(=O)O)CCCN(CCOc2ccc(F)cc2)C1. The van der Waals surface area contributed by atoms with Crippen molar-refractivity contribution < 1.29 is 23.8 Å². The van der Waals surface area contributed by atoms with Crippen LogP contribution in [0.15, 0.2) is 24.3 Å². The van der Waals surface area contributed by atoms with Crippen LogP contribution < -0.4 is 4.74 Å². The van der Waals surface area contributed by atoms with E-state index < -0.39 is 11.4 Å². The molecule has 134 valence electrons. The zero-order chi connectivity index (χ0) is 17.4. The molecule has 2 rings (SSSR count). The highest BCUT2D eigenvalue weighted by Crippen LogP contribution is 2.35. The van der Waals surface area contributed by atoms with Crippen LogP contribution in [0.25, 0.3) is 0 Å². The van der Waals surface area contributed by atoms with E-state index in [0.29, 0.717) is 44.9 Å². The van der Waals surface area contributed by atoms with Crippen LogP contribution in [0.5, 0.6) is 5.75 Å². The molecule has 0 aromatic heterocycles. The quantitative estimate of drug-likeness (QED) is 0.701. The summed E-state index contributed by atoms with van der Waals surface area (Å²) in [7, 11) is 1.63. The molecule has 1 saturated heterocycles. The monoisotopic (exact) mass is 339 g/mol. The topological polar surface area (TPSA) is 59.0 Å². The maximum atomic E-state index is 12.9. The van der Waals surface area contributed by atoms with Gasteiger partial charge < -0.3 is 14.6 Å². The fourth-order valence-electron chi connectivity index (χ4n) is 3.28. The summed E-state index contributed by atoms with van der Waals surface area (Å²) in [6.07, 6.45) is 2.96. The van der Waals surface area contributed by atoms with Gasteiger partial charge in [0.15, 0.2) is 0 Å². The number of piperidine rings is 1. The molecule has 5 nitrogen and oxygen atoms in total. The summed E-state index contributed by atoms with van der Waals surface area (Å²) in [6, 6.07) is 5.92. The number of benzene rings is 1. The molecular formula is C18H26FNO4. The molecule has 1 heterocycles. The van der Waals surface area contributed by atoms with E-state index in [9.17, 15) is 14.3 Å². The van der Waals surface area contributed by atoms with Crippen LogP contribution in [0, 0.1) is 11.2 Å². The lowest BCUT2D eigenvalue weighted by atomic mass is 9.76. The molecule has 0 aliphatic carbocycles. The van der Waals surface area contributed by atoms with Gasteiger partial charge in [0, 0.05) is 26.8 Å². The molecule has 1 aromatic rings. The van der Waals surface area contributed by atoms with Crippen LogP contribution in [0.1, 0.15) is 25.7 Å². The number of hydrogen-bond donors (Lipinski definition) is 1. The maximum Gasteiger partial charge on any atom is 0.310 e. The maximum absolute atomic E-state index is 12.9. The number of hydrogen-bond acceptors (Lipinski definition) is 4. The number of rotatable bonds is 9. The lowest BCUT2D eigenvalue weighted by molar-refractivity contribution is -0.153. The van der Waals surface area contributed by atoms with Crippen molar-refractivity contribution in [2.75, 3.05) is 40.0 Å². The number of ether oxygens (including phenoxy) is 2. The summed E-state index contributed by atoms with van der Waals surface area (Å²) in [6.45, 7) is 3.13. The first kappa shape index (κ1) is 18.7. The molecule has 6 heteroatoms. The van der Waals surface area contributed by atoms with Gasteiger partial charge in [0.2, 0.25) is 0 Å². The Balaban J connectivity index is 1.84. The average Bonchev–Trinajstić information content (AvgIpc) is 2.57. The molecule has 0 saturated carbocycles. The third kappa shape index (κ3) is 5.18. The van der Waals surface area contributed by atoms with Crippen molar-refractivity contribution in [1.82, 2.24) is 4.90 Å². The fourth-order valence-corrected chi connectivity index (χ4v) is 3.28. The number of halogens is 1. The van der Waals surface area contributed by atoms with E-state index in [2.05, 4.69) is 4.90 Å². The van der Waals surface area contributed by atoms with Crippen LogP contribution >= 0.6 is 0 Å². The second kappa shape index (κ2) is 8.99. The van der Waals surface area contributed by atoms with Gasteiger partial charge in [-0.25, -0.2) is 4.39 Å². The van der Waals surface area contributed by atoms with Crippen LogP contribution in [-0.2, 0) is 9.53 Å². The minimum Gasteiger partial charge on any atom is -0.492 e. The number of carboxylic acid groups (broad SMARTS) is 1. The van der Waals surface area contributed by atoms with Gasteiger partial charge >= 0.3 is 5.97 Å². The number of likely N-dealkylation sites (tertiary alicyclic amines) is 1. The van der Waals surface area contributed by atoms with Crippen molar-refractivity contribution in [2.45, 2.75) is 25.7 Å². The van der Waals surface area contributed by atoms with Crippen molar-refractivity contribution in [3.05, 3.63) is 30.1 Å². The van der Waals surface area contributed by atoms with E-state index in [1.165, 1.54) is 12.1 Å². The molecule has 1 aromatic carbocycles. The number of carboxylic acids is 1. The predicted octanol–water partition coefficient (Wildman–Crippen LogP) is 2.80. The Morgan fingerprint density at radius 1 is 1.33 bits per heavy atom. The minimum absolute atomic E-state index is 0.291. The Kier molecular flexibility index (Phi) is 6.99. The molecule has 24 heavy (non-hydrogen) atoms. The zero-order valence-corrected chi connectivity index (χ0v) is 14.2. The summed E-state index contributed by atoms with van der Waals surface area (Å²) < 4.78 is 23.5. The van der Waals surface area contributed by atoms with E-state index >= 15 is 0 Å². The predicted molar refractivity (Wildman–Crippen MR) is 88.7 cm³/mol. The molecule has 1 aliphatic heterocycles. The van der Waals surface area contributed by atoms with Gasteiger partial charge in [0.05, 0.1) is 5.41 Å². The fraction of sp³-hybridized carbons (Fsp3) is 0.611. The van der Waals surface area contributed by atoms with E-state index in [4.69, 9.17) is 9.47 Å². The molecule has 0 amide bonds. The van der Waals surface area contributed by atoms with Crippen LogP contribution in [0.4, 0.5) is 4.39 Å². The molecule has 1 fully saturated rings. The molecule has 1 aliphatic rings. The summed E-state index contributed by atoms with van der Waals surface area (Å²) in [4.78, 5) is 14.0. The largest absolute Gasteiger partial charge is 0.492 e. The number of aliphatic carboxylic acids is 1. The van der Waals surface area contributed by atoms with Gasteiger partial charge in [0.1, 0.15) is 18.2 Å². The smallest absolute Gasteiger partial charge is 0.310 e. The molecule has 0 radical (unpaired) electrons. The zero-order valence-electron chi connectivity index (χ0n) is 14.2. The van der Waals surface area contributed by atoms with E-state index in [1.54, 1.807) is 19.2 Å². The van der Waals surface area contributed by atoms with Gasteiger partial charge in [-0.2, -0.15) is 0 Å². The first-order chi connectivity index (χ1) is 11.6. The standard InChI is InChI=1S/C18H26FNO4/c1-23-12-3-9-18(17(21)22)8-2-10-20(14-18)11-13-24-16-6-4-15(19)5-7-16/h4-7H,2-3,8-14H2,1H3,(H,21,22)/t18-/m1/s1. The van der Waals surface area contributed by atoms with E-state index in [0.717, 1.165) is 19.4 Å². The van der Waals surface area contributed by atoms with Gasteiger partial charge in [0.25, 0.3) is 0 Å². The lowest BCUT2D eigenvalue weighted by Crippen LogP contribution is -2.49. The lowest BCUT2D eigenvalue weighted by Gasteiger charge is -2.40. The average molecular weight is 339 g/mol. The van der Waals surface area contributed by atoms with Gasteiger partial charge in [-0.1, -0.05) is 0 Å². The molecule has 0 unspecified atom stereocenters. The molecule has 0 bridgehead atoms. The molecule has 1 N–H and O–H groups in total. The Hall–Kier alpha value is -1.66. The van der Waals surface area contributed by atoms with Crippen LogP contribution in [0.2, 0.25) is 0 Å². The first-order valence-corrected chi connectivity index (χ1v) is 8.39. The number of carbonyl (C=O) groups is 1. The highest BCUT2D eigenvalue weighted by Gasteiger charge is 2.41. The van der Waals surface area contributed by atoms with E-state index in [1.807, 2.05) is 0 Å². The normalized spacial score (nSPS) is 21.6. The summed E-state index contributed by atoms with van der Waals surface area (Å²) >= 11 is 0. The van der Waals surface area contributed by atoms with Crippen molar-refractivity contribution in [1.29, 1.82) is 0 Å². The minimum atomic E-state index is -0.720. The van der Waals surface area contributed by atoms with Crippen molar-refractivity contribution in [2.24, 2.45) is 5.41 Å². The first-order valence-electron chi connectivity index (χ1n) is 8.39. The Morgan fingerprint density at radius 2 is 2.08 bits per heavy atom. The van der Waals surface area contributed by atoms with Gasteiger partial charge in [-0.3, -0.25) is 9.69 Å². The van der Waals surface area contributed by atoms with E-state index in [-0.39, 0.29) is 5.82 Å². The Morgan fingerprint density at radius 3 is 2.75 bits per heavy atom. The second-order valence-corrected chi connectivity index (χ2v) is 6.36. The van der Waals surface area contributed by atoms with Crippen molar-refractivity contribution >= 4 is 5.97 Å². The van der Waals surface area contributed by atoms with Crippen molar-refractivity contribution in [3.8, 4) is 5.75 Å². The highest BCUT2D eigenvalue weighted by atomic mass is 19.1. The summed E-state index contributed by atoms with van der Waals surface area (Å²) in [5.41, 5.74) is -0.688. The Labute approximate surface area is 142 Å². The van der Waals surface area contributed by atoms with Gasteiger partial charge in [-0.15, -0.1) is 0 Å². The number of methoxy groups -OCH3 is 1. The number of nitrogens with zero attached hydrogens (tertiary/aromatic N) is 1. The second-order valence-electron chi connectivity index (χ2n) is 6.36. The third-order valence-electron chi connectivity index (χ3n) is 4.60. The third-order valence-corrected chi connectivity index (χ3v) is 4.60. The summed E-state index contributed by atoms with van der Waals surface area (Å²) in [5.74, 6) is -0.388. The van der Waals surface area contributed by atoms with Crippen LogP contribution in [0.3, 0.4) is 0 Å². The highest BCUT2D eigenvalue weighted by molar-refractivity contribution is 5.75. The van der Waals surface area contributed by atoms with Gasteiger partial charge in [-0.05, 0) is 56.5 Å². The molecule has 0 spiro atoms. The molecule has 1 atom stereocenters. The van der Waals surface area contributed by atoms with Crippen molar-refractivity contribution in [3.63, 3.8) is 0 Å². The summed E-state index contributed by atoms with van der Waals surface area (Å²) in [5, 5.41) is 9.70.